The van der Waals surface area contributed by atoms with Gasteiger partial charge in [-0.05, 0) is 57.8 Å². The molecular weight excluding hydrogens is 1070 g/mol. The maximum atomic E-state index is 12.5. The summed E-state index contributed by atoms with van der Waals surface area (Å²) in [4.78, 5) is 24.6. The number of hydrogen-bond acceptors (Lipinski definition) is 5. The molecule has 1 amide bonds. The van der Waals surface area contributed by atoms with E-state index in [2.05, 4.69) is 43.5 Å². The number of aliphatic hydroxyl groups is 2. The molecular formula is C81H157NO5. The van der Waals surface area contributed by atoms with E-state index in [1.807, 2.05) is 0 Å². The minimum atomic E-state index is -0.662. The molecule has 3 N–H and O–H groups in total. The van der Waals surface area contributed by atoms with E-state index in [4.69, 9.17) is 4.74 Å². The lowest BCUT2D eigenvalue weighted by Gasteiger charge is -2.22. The molecule has 0 aliphatic carbocycles. The van der Waals surface area contributed by atoms with E-state index in [-0.39, 0.29) is 18.5 Å². The van der Waals surface area contributed by atoms with Gasteiger partial charge in [0, 0.05) is 12.8 Å². The van der Waals surface area contributed by atoms with Crippen LogP contribution < -0.4 is 5.32 Å². The van der Waals surface area contributed by atoms with Crippen molar-refractivity contribution < 1.29 is 24.5 Å². The van der Waals surface area contributed by atoms with Gasteiger partial charge in [0.1, 0.15) is 0 Å². The number of amides is 1. The summed E-state index contributed by atoms with van der Waals surface area (Å²) in [6.07, 6.45) is 98.5. The molecule has 0 aliphatic rings. The third kappa shape index (κ3) is 73.3. The third-order valence-electron chi connectivity index (χ3n) is 19.0. The van der Waals surface area contributed by atoms with Crippen LogP contribution in [0.5, 0.6) is 0 Å². The largest absolute Gasteiger partial charge is 0.466 e. The maximum Gasteiger partial charge on any atom is 0.305 e. The summed E-state index contributed by atoms with van der Waals surface area (Å²) in [5.41, 5.74) is 0. The molecule has 0 rings (SSSR count). The predicted octanol–water partition coefficient (Wildman–Crippen LogP) is 26.4. The number of nitrogens with one attached hydrogen (secondary N) is 1. The van der Waals surface area contributed by atoms with Gasteiger partial charge in [0.15, 0.2) is 0 Å². The Morgan fingerprint density at radius 1 is 0.322 bits per heavy atom. The monoisotopic (exact) mass is 1220 g/mol. The molecule has 0 aromatic heterocycles. The van der Waals surface area contributed by atoms with Crippen molar-refractivity contribution >= 4 is 11.9 Å². The Morgan fingerprint density at radius 2 is 0.575 bits per heavy atom. The topological polar surface area (TPSA) is 95.9 Å². The third-order valence-corrected chi connectivity index (χ3v) is 19.0. The molecule has 6 heteroatoms. The van der Waals surface area contributed by atoms with E-state index >= 15 is 0 Å². The molecule has 0 radical (unpaired) electrons. The first-order valence-corrected chi connectivity index (χ1v) is 40.1. The van der Waals surface area contributed by atoms with Crippen LogP contribution >= 0.6 is 0 Å². The number of esters is 1. The summed E-state index contributed by atoms with van der Waals surface area (Å²) in [5, 5.41) is 23.4. The lowest BCUT2D eigenvalue weighted by molar-refractivity contribution is -0.143. The fraction of sp³-hybridized carbons (Fsp3) is 0.926. The zero-order valence-electron chi connectivity index (χ0n) is 59.3. The first-order valence-electron chi connectivity index (χ1n) is 40.1. The summed E-state index contributed by atoms with van der Waals surface area (Å²) >= 11 is 0. The Morgan fingerprint density at radius 3 is 0.874 bits per heavy atom. The van der Waals surface area contributed by atoms with Gasteiger partial charge in [-0.2, -0.15) is 0 Å². The number of hydrogen-bond donors (Lipinski definition) is 3. The lowest BCUT2D eigenvalue weighted by atomic mass is 10.0. The maximum absolute atomic E-state index is 12.5. The average molecular weight is 1230 g/mol. The fourth-order valence-electron chi connectivity index (χ4n) is 12.9. The number of carbonyl (C=O) groups excluding carboxylic acids is 2. The van der Waals surface area contributed by atoms with Gasteiger partial charge in [0.05, 0.1) is 25.4 Å². The number of unbranched alkanes of at least 4 members (excludes halogenated alkanes) is 61. The summed E-state index contributed by atoms with van der Waals surface area (Å²) in [5.74, 6) is -0.00452. The molecule has 516 valence electrons. The summed E-state index contributed by atoms with van der Waals surface area (Å²) < 4.78 is 5.49. The second-order valence-electron chi connectivity index (χ2n) is 27.8. The Kier molecular flexibility index (Phi) is 75.3. The Labute approximate surface area is 545 Å². The average Bonchev–Trinajstić information content (AvgIpc) is 3.57. The van der Waals surface area contributed by atoms with Gasteiger partial charge in [-0.15, -0.1) is 0 Å². The molecule has 0 spiro atoms. The lowest BCUT2D eigenvalue weighted by Crippen LogP contribution is -2.45. The Bertz CT molecular complexity index is 1360. The van der Waals surface area contributed by atoms with Crippen molar-refractivity contribution in [1.29, 1.82) is 0 Å². The quantitative estimate of drug-likeness (QED) is 0.0320. The van der Waals surface area contributed by atoms with Crippen molar-refractivity contribution in [1.82, 2.24) is 5.32 Å². The number of ether oxygens (including phenoxy) is 1. The molecule has 0 heterocycles. The fourth-order valence-corrected chi connectivity index (χ4v) is 12.9. The minimum absolute atomic E-state index is 0.0227. The standard InChI is InChI=1S/C81H157NO5/c1-3-5-7-9-11-13-15-17-18-19-43-46-50-53-57-61-65-69-73-79(84)78(77-83)82-80(85)74-70-66-62-58-54-51-47-44-41-39-37-35-33-31-29-27-25-23-21-20-22-24-26-28-30-32-34-36-38-40-42-45-48-52-56-60-64-68-72-76-87-81(86)75-71-67-63-59-55-49-16-14-12-10-8-6-4-2/h20-21,24,26,78-79,83-84H,3-19,22-23,25,27-77H2,1-2H3,(H,82,85)/b21-20-,26-24-. The van der Waals surface area contributed by atoms with Gasteiger partial charge in [-0.25, -0.2) is 0 Å². The Balaban J connectivity index is 3.34. The van der Waals surface area contributed by atoms with Gasteiger partial charge in [0.2, 0.25) is 5.91 Å². The first kappa shape index (κ1) is 85.3. The second-order valence-corrected chi connectivity index (χ2v) is 27.8. The van der Waals surface area contributed by atoms with Gasteiger partial charge < -0.3 is 20.3 Å². The van der Waals surface area contributed by atoms with Crippen LogP contribution in [0.15, 0.2) is 24.3 Å². The van der Waals surface area contributed by atoms with Crippen molar-refractivity contribution in [2.24, 2.45) is 0 Å². The van der Waals surface area contributed by atoms with E-state index < -0.39 is 12.1 Å². The molecule has 0 bridgehead atoms. The van der Waals surface area contributed by atoms with Crippen LogP contribution in [0.25, 0.3) is 0 Å². The first-order chi connectivity index (χ1) is 43.0. The van der Waals surface area contributed by atoms with E-state index in [9.17, 15) is 19.8 Å². The van der Waals surface area contributed by atoms with Crippen molar-refractivity contribution in [2.75, 3.05) is 13.2 Å². The smallest absolute Gasteiger partial charge is 0.305 e. The molecule has 0 aromatic carbocycles. The van der Waals surface area contributed by atoms with Gasteiger partial charge in [-0.3, -0.25) is 9.59 Å². The molecule has 0 aliphatic heterocycles. The van der Waals surface area contributed by atoms with Crippen molar-refractivity contribution in [3.05, 3.63) is 24.3 Å². The summed E-state index contributed by atoms with van der Waals surface area (Å²) in [6.45, 7) is 5.00. The number of allylic oxidation sites excluding steroid dienone is 4. The van der Waals surface area contributed by atoms with Crippen molar-refractivity contribution in [3.8, 4) is 0 Å². The van der Waals surface area contributed by atoms with Gasteiger partial charge in [0.25, 0.3) is 0 Å². The second kappa shape index (κ2) is 76.8. The zero-order valence-corrected chi connectivity index (χ0v) is 59.3. The minimum Gasteiger partial charge on any atom is -0.466 e. The van der Waals surface area contributed by atoms with Crippen LogP contribution in [0, 0.1) is 0 Å². The summed E-state index contributed by atoms with van der Waals surface area (Å²) in [6, 6.07) is -0.539. The normalized spacial score (nSPS) is 12.6. The predicted molar refractivity (Wildman–Crippen MR) is 384 cm³/mol. The van der Waals surface area contributed by atoms with Crippen molar-refractivity contribution in [3.63, 3.8) is 0 Å². The van der Waals surface area contributed by atoms with Crippen LogP contribution in [0.4, 0.5) is 0 Å². The van der Waals surface area contributed by atoms with E-state index in [1.54, 1.807) is 0 Å². The van der Waals surface area contributed by atoms with Gasteiger partial charge in [-0.1, -0.05) is 411 Å². The van der Waals surface area contributed by atoms with Crippen LogP contribution in [0.1, 0.15) is 457 Å². The van der Waals surface area contributed by atoms with Crippen LogP contribution in [0.2, 0.25) is 0 Å². The molecule has 6 nitrogen and oxygen atoms in total. The molecule has 2 unspecified atom stereocenters. The highest BCUT2D eigenvalue weighted by Gasteiger charge is 2.20. The van der Waals surface area contributed by atoms with E-state index in [0.29, 0.717) is 25.9 Å². The van der Waals surface area contributed by atoms with Crippen LogP contribution in [0.3, 0.4) is 0 Å². The molecule has 2 atom stereocenters. The SMILES string of the molecule is CCCCCCCCCCCCCCCCCCCCC(O)C(CO)NC(=O)CCCCCCCCCCCCCCCCCCC/C=C\C/C=C\CCCCCCCCCCCCCCCCCOC(=O)CCCCCCCCCCCCCCC. The highest BCUT2D eigenvalue weighted by atomic mass is 16.5. The van der Waals surface area contributed by atoms with Crippen LogP contribution in [-0.4, -0.2) is 47.4 Å². The zero-order chi connectivity index (χ0) is 62.8. The molecule has 0 aromatic rings. The highest BCUT2D eigenvalue weighted by molar-refractivity contribution is 5.76. The number of carbonyl (C=O) groups is 2. The van der Waals surface area contributed by atoms with E-state index in [1.165, 1.54) is 379 Å². The number of aliphatic hydroxyl groups excluding tert-OH is 2. The van der Waals surface area contributed by atoms with Crippen molar-refractivity contribution in [2.45, 2.75) is 469 Å². The molecule has 0 fully saturated rings. The highest BCUT2D eigenvalue weighted by Crippen LogP contribution is 2.20. The molecule has 87 heavy (non-hydrogen) atoms. The molecule has 0 saturated heterocycles. The van der Waals surface area contributed by atoms with Crippen LogP contribution in [-0.2, 0) is 14.3 Å². The van der Waals surface area contributed by atoms with Gasteiger partial charge >= 0.3 is 5.97 Å². The molecule has 0 saturated carbocycles. The van der Waals surface area contributed by atoms with E-state index in [0.717, 1.165) is 44.9 Å². The number of rotatable bonds is 76. The Hall–Kier alpha value is -1.66. The summed E-state index contributed by atoms with van der Waals surface area (Å²) in [7, 11) is 0.